The van der Waals surface area contributed by atoms with Crippen LogP contribution in [0.15, 0.2) is 40.9 Å². The van der Waals surface area contributed by atoms with Crippen LogP contribution in [0.2, 0.25) is 0 Å². The first-order valence-electron chi connectivity index (χ1n) is 8.18. The summed E-state index contributed by atoms with van der Waals surface area (Å²) < 4.78 is 7.60. The summed E-state index contributed by atoms with van der Waals surface area (Å²) in [5, 5.41) is 13.0. The zero-order chi connectivity index (χ0) is 17.1. The predicted molar refractivity (Wildman–Crippen MR) is 101 cm³/mol. The molecule has 0 spiro atoms. The predicted octanol–water partition coefficient (Wildman–Crippen LogP) is 3.16. The lowest BCUT2D eigenvalue weighted by Crippen LogP contribution is -2.37. The van der Waals surface area contributed by atoms with Gasteiger partial charge in [-0.25, -0.2) is 4.98 Å². The molecule has 0 unspecified atom stereocenters. The van der Waals surface area contributed by atoms with E-state index in [-0.39, 0.29) is 0 Å². The lowest BCUT2D eigenvalue weighted by molar-refractivity contribution is 0.122. The van der Waals surface area contributed by atoms with Crippen molar-refractivity contribution in [2.75, 3.05) is 31.2 Å². The van der Waals surface area contributed by atoms with Crippen LogP contribution in [0.1, 0.15) is 10.7 Å². The fourth-order valence-corrected chi connectivity index (χ4v) is 4.30. The first-order valence-corrected chi connectivity index (χ1v) is 10.0. The van der Waals surface area contributed by atoms with Crippen LogP contribution in [0.5, 0.6) is 0 Å². The molecular weight excluding hydrogens is 354 g/mol. The van der Waals surface area contributed by atoms with Crippen LogP contribution >= 0.6 is 23.1 Å². The van der Waals surface area contributed by atoms with Gasteiger partial charge in [-0.2, -0.15) is 0 Å². The number of aromatic nitrogens is 4. The van der Waals surface area contributed by atoms with Gasteiger partial charge in [0.05, 0.1) is 29.6 Å². The normalized spacial score (nSPS) is 14.8. The Morgan fingerprint density at radius 2 is 1.96 bits per heavy atom. The van der Waals surface area contributed by atoms with E-state index in [4.69, 9.17) is 4.74 Å². The fraction of sp³-hybridized carbons (Fsp3) is 0.353. The van der Waals surface area contributed by atoms with Crippen LogP contribution < -0.4 is 4.90 Å². The number of anilines is 1. The minimum absolute atomic E-state index is 0.724. The Bertz CT molecular complexity index is 827. The minimum Gasteiger partial charge on any atom is -0.378 e. The average Bonchev–Trinajstić information content (AvgIpc) is 3.27. The Balaban J connectivity index is 1.64. The summed E-state index contributed by atoms with van der Waals surface area (Å²) in [6.45, 7) is 5.15. The maximum atomic E-state index is 5.47. The lowest BCUT2D eigenvalue weighted by Gasteiger charge is -2.27. The monoisotopic (exact) mass is 373 g/mol. The van der Waals surface area contributed by atoms with Crippen molar-refractivity contribution < 1.29 is 4.74 Å². The van der Waals surface area contributed by atoms with Gasteiger partial charge in [0.15, 0.2) is 5.16 Å². The van der Waals surface area contributed by atoms with Crippen LogP contribution in [0.3, 0.4) is 0 Å². The molecule has 0 saturated carbocycles. The Kier molecular flexibility index (Phi) is 5.00. The second-order valence-corrected chi connectivity index (χ2v) is 7.70. The number of rotatable bonds is 5. The van der Waals surface area contributed by atoms with Crippen molar-refractivity contribution in [2.45, 2.75) is 17.8 Å². The quantitative estimate of drug-likeness (QED) is 0.641. The van der Waals surface area contributed by atoms with Gasteiger partial charge in [-0.15, -0.1) is 21.5 Å². The molecule has 8 heteroatoms. The molecule has 1 aromatic carbocycles. The Morgan fingerprint density at radius 3 is 2.68 bits per heavy atom. The van der Waals surface area contributed by atoms with Crippen molar-refractivity contribution in [1.82, 2.24) is 19.7 Å². The fourth-order valence-electron chi connectivity index (χ4n) is 2.74. The molecule has 130 valence electrons. The topological polar surface area (TPSA) is 56.1 Å². The van der Waals surface area contributed by atoms with E-state index in [0.29, 0.717) is 0 Å². The smallest absolute Gasteiger partial charge is 0.232 e. The molecular formula is C17H19N5OS2. The van der Waals surface area contributed by atoms with Crippen LogP contribution in [-0.4, -0.2) is 46.1 Å². The van der Waals surface area contributed by atoms with Gasteiger partial charge in [0.2, 0.25) is 5.95 Å². The van der Waals surface area contributed by atoms with E-state index in [9.17, 15) is 0 Å². The SMILES string of the molecule is Cc1nc(CSc2nnc(N3CCOCC3)n2-c2ccccc2)cs1. The first kappa shape index (κ1) is 16.6. The average molecular weight is 374 g/mol. The van der Waals surface area contributed by atoms with E-state index in [1.54, 1.807) is 23.1 Å². The van der Waals surface area contributed by atoms with Crippen LogP contribution in [0.25, 0.3) is 5.69 Å². The summed E-state index contributed by atoms with van der Waals surface area (Å²) in [5.41, 5.74) is 2.16. The van der Waals surface area contributed by atoms with E-state index in [2.05, 4.69) is 42.2 Å². The van der Waals surface area contributed by atoms with Gasteiger partial charge in [0.1, 0.15) is 0 Å². The van der Waals surface area contributed by atoms with Crippen molar-refractivity contribution in [3.63, 3.8) is 0 Å². The number of benzene rings is 1. The summed E-state index contributed by atoms with van der Waals surface area (Å²) in [5.74, 6) is 1.67. The van der Waals surface area contributed by atoms with Crippen LogP contribution in [0.4, 0.5) is 5.95 Å². The molecule has 1 saturated heterocycles. The van der Waals surface area contributed by atoms with Crippen molar-refractivity contribution in [1.29, 1.82) is 0 Å². The van der Waals surface area contributed by atoms with Gasteiger partial charge in [-0.3, -0.25) is 4.57 Å². The third-order valence-electron chi connectivity index (χ3n) is 3.94. The Labute approximate surface area is 154 Å². The highest BCUT2D eigenvalue weighted by Crippen LogP contribution is 2.29. The van der Waals surface area contributed by atoms with Crippen molar-refractivity contribution >= 4 is 29.0 Å². The second kappa shape index (κ2) is 7.55. The molecule has 4 rings (SSSR count). The standard InChI is InChI=1S/C17H19N5OS2/c1-13-18-14(11-24-13)12-25-17-20-19-16(21-7-9-23-10-8-21)22(17)15-5-3-2-4-6-15/h2-6,11H,7-10,12H2,1H3. The highest BCUT2D eigenvalue weighted by molar-refractivity contribution is 7.98. The van der Waals surface area contributed by atoms with E-state index in [1.807, 2.05) is 25.1 Å². The minimum atomic E-state index is 0.724. The molecule has 25 heavy (non-hydrogen) atoms. The molecule has 1 aliphatic rings. The molecule has 3 heterocycles. The van der Waals surface area contributed by atoms with Crippen LogP contribution in [-0.2, 0) is 10.5 Å². The number of thiazole rings is 1. The first-order chi connectivity index (χ1) is 12.3. The van der Waals surface area contributed by atoms with Gasteiger partial charge < -0.3 is 9.64 Å². The number of thioether (sulfide) groups is 1. The molecule has 2 aromatic heterocycles. The van der Waals surface area contributed by atoms with Crippen molar-refractivity contribution in [3.8, 4) is 5.69 Å². The van der Waals surface area contributed by atoms with Crippen molar-refractivity contribution in [3.05, 3.63) is 46.4 Å². The molecule has 0 atom stereocenters. The number of hydrogen-bond acceptors (Lipinski definition) is 7. The lowest BCUT2D eigenvalue weighted by atomic mass is 10.3. The highest BCUT2D eigenvalue weighted by atomic mass is 32.2. The van der Waals surface area contributed by atoms with Crippen LogP contribution in [0, 0.1) is 6.92 Å². The zero-order valence-electron chi connectivity index (χ0n) is 14.0. The highest BCUT2D eigenvalue weighted by Gasteiger charge is 2.21. The second-order valence-electron chi connectivity index (χ2n) is 5.70. The van der Waals surface area contributed by atoms with Gasteiger partial charge in [-0.1, -0.05) is 30.0 Å². The molecule has 1 aliphatic heterocycles. The summed E-state index contributed by atoms with van der Waals surface area (Å²) in [7, 11) is 0. The maximum absolute atomic E-state index is 5.47. The molecule has 1 fully saturated rings. The third kappa shape index (κ3) is 3.70. The van der Waals surface area contributed by atoms with Gasteiger partial charge in [0, 0.05) is 24.2 Å². The number of aryl methyl sites for hydroxylation is 1. The van der Waals surface area contributed by atoms with E-state index in [1.165, 1.54) is 0 Å². The van der Waals surface area contributed by atoms with Gasteiger partial charge in [0.25, 0.3) is 0 Å². The van der Waals surface area contributed by atoms with Gasteiger partial charge >= 0.3 is 0 Å². The maximum Gasteiger partial charge on any atom is 0.232 e. The third-order valence-corrected chi connectivity index (χ3v) is 5.73. The molecule has 0 amide bonds. The zero-order valence-corrected chi connectivity index (χ0v) is 15.6. The summed E-state index contributed by atoms with van der Waals surface area (Å²) in [4.78, 5) is 6.77. The molecule has 0 N–H and O–H groups in total. The van der Waals surface area contributed by atoms with E-state index < -0.39 is 0 Å². The molecule has 6 nitrogen and oxygen atoms in total. The van der Waals surface area contributed by atoms with E-state index >= 15 is 0 Å². The summed E-state index contributed by atoms with van der Waals surface area (Å²) >= 11 is 3.35. The number of morpholine rings is 1. The largest absolute Gasteiger partial charge is 0.378 e. The number of ether oxygens (including phenoxy) is 1. The van der Waals surface area contributed by atoms with Crippen molar-refractivity contribution in [2.24, 2.45) is 0 Å². The Hall–Kier alpha value is -1.90. The summed E-state index contributed by atoms with van der Waals surface area (Å²) in [6, 6.07) is 10.3. The van der Waals surface area contributed by atoms with Gasteiger partial charge in [-0.05, 0) is 19.1 Å². The Morgan fingerprint density at radius 1 is 1.16 bits per heavy atom. The molecule has 0 radical (unpaired) electrons. The molecule has 0 bridgehead atoms. The number of nitrogens with zero attached hydrogens (tertiary/aromatic N) is 5. The number of hydrogen-bond donors (Lipinski definition) is 0. The molecule has 0 aliphatic carbocycles. The van der Waals surface area contributed by atoms with E-state index in [0.717, 1.165) is 59.5 Å². The summed E-state index contributed by atoms with van der Waals surface area (Å²) in [6.07, 6.45) is 0. The molecule has 3 aromatic rings. The number of para-hydroxylation sites is 1.